The van der Waals surface area contributed by atoms with Crippen molar-refractivity contribution in [1.82, 2.24) is 0 Å². The summed E-state index contributed by atoms with van der Waals surface area (Å²) in [6.45, 7) is 0. The van der Waals surface area contributed by atoms with Gasteiger partial charge in [-0.2, -0.15) is 0 Å². The van der Waals surface area contributed by atoms with Crippen molar-refractivity contribution in [2.45, 2.75) is 6.16 Å². The van der Waals surface area contributed by atoms with E-state index in [-0.39, 0.29) is 64.7 Å². The van der Waals surface area contributed by atoms with Crippen LogP contribution in [0.4, 0.5) is 0 Å². The molecule has 0 aliphatic carbocycles. The molecular formula is C7H7Na2O5P. The first-order valence-corrected chi connectivity index (χ1v) is 5.14. The monoisotopic (exact) mass is 248 g/mol. The van der Waals surface area contributed by atoms with Gasteiger partial charge >= 0.3 is 59.1 Å². The first kappa shape index (κ1) is 18.3. The second-order valence-electron chi connectivity index (χ2n) is 2.55. The third-order valence-corrected chi connectivity index (χ3v) is 2.19. The van der Waals surface area contributed by atoms with Crippen LogP contribution in [0, 0.1) is 0 Å². The molecule has 0 fully saturated rings. The van der Waals surface area contributed by atoms with E-state index in [1.807, 2.05) is 0 Å². The summed E-state index contributed by atoms with van der Waals surface area (Å²) < 4.78 is 10.3. The Morgan fingerprint density at radius 2 is 1.73 bits per heavy atom. The number of para-hydroxylation sites is 1. The third kappa shape index (κ3) is 6.31. The van der Waals surface area contributed by atoms with Crippen LogP contribution in [0.25, 0.3) is 0 Å². The van der Waals surface area contributed by atoms with Gasteiger partial charge < -0.3 is 24.6 Å². The van der Waals surface area contributed by atoms with Crippen LogP contribution in [0.2, 0.25) is 0 Å². The summed E-state index contributed by atoms with van der Waals surface area (Å²) >= 11 is 0. The molecule has 0 aliphatic heterocycles. The van der Waals surface area contributed by atoms with E-state index in [4.69, 9.17) is 10.2 Å². The van der Waals surface area contributed by atoms with Crippen LogP contribution < -0.4 is 68.9 Å². The summed E-state index contributed by atoms with van der Waals surface area (Å²) in [5.41, 5.74) is -0.0895. The van der Waals surface area contributed by atoms with E-state index >= 15 is 0 Å². The van der Waals surface area contributed by atoms with Gasteiger partial charge in [0.15, 0.2) is 11.5 Å². The Labute approximate surface area is 131 Å². The van der Waals surface area contributed by atoms with E-state index in [1.165, 1.54) is 18.2 Å². The number of phenols is 2. The van der Waals surface area contributed by atoms with Crippen molar-refractivity contribution in [3.05, 3.63) is 23.8 Å². The molecule has 0 saturated heterocycles. The van der Waals surface area contributed by atoms with Crippen LogP contribution in [0.1, 0.15) is 5.56 Å². The van der Waals surface area contributed by atoms with Crippen molar-refractivity contribution in [2.75, 3.05) is 0 Å². The van der Waals surface area contributed by atoms with Crippen molar-refractivity contribution in [2.24, 2.45) is 0 Å². The van der Waals surface area contributed by atoms with Crippen molar-refractivity contribution in [1.29, 1.82) is 0 Å². The molecule has 0 spiro atoms. The van der Waals surface area contributed by atoms with Gasteiger partial charge in [-0.3, -0.25) is 0 Å². The number of phenolic OH excluding ortho intramolecular Hbond substituents is 2. The predicted octanol–water partition coefficient (Wildman–Crippen LogP) is -6.48. The van der Waals surface area contributed by atoms with Gasteiger partial charge in [-0.25, -0.2) is 0 Å². The largest absolute Gasteiger partial charge is 1.00 e. The van der Waals surface area contributed by atoms with Gasteiger partial charge in [0.05, 0.1) is 0 Å². The fourth-order valence-electron chi connectivity index (χ4n) is 0.914. The van der Waals surface area contributed by atoms with E-state index in [0.717, 1.165) is 0 Å². The summed E-state index contributed by atoms with van der Waals surface area (Å²) in [7, 11) is -4.71. The van der Waals surface area contributed by atoms with Crippen LogP contribution in [-0.2, 0) is 10.7 Å². The molecule has 2 N–H and O–H groups in total. The number of hydrogen-bond donors (Lipinski definition) is 2. The standard InChI is InChI=1S/C7H9O5P.2Na/c8-6-3-1-2-5(7(6)9)4-13(10,11)12;;/h1-3,8-9H,4H2,(H2,10,11,12);;/q;2*+1/p-2. The summed E-state index contributed by atoms with van der Waals surface area (Å²) in [4.78, 5) is 20.7. The van der Waals surface area contributed by atoms with E-state index in [9.17, 15) is 14.4 Å². The molecule has 72 valence electrons. The molecule has 0 unspecified atom stereocenters. The zero-order valence-corrected chi connectivity index (χ0v) is 13.4. The van der Waals surface area contributed by atoms with Crippen molar-refractivity contribution in [3.8, 4) is 11.5 Å². The van der Waals surface area contributed by atoms with Crippen molar-refractivity contribution in [3.63, 3.8) is 0 Å². The first-order valence-electron chi connectivity index (χ1n) is 3.41. The van der Waals surface area contributed by atoms with Gasteiger partial charge in [-0.05, 0) is 6.07 Å². The SMILES string of the molecule is O=P([O-])([O-])Cc1cccc(O)c1O.[Na+].[Na+]. The fourth-order valence-corrected chi connectivity index (χ4v) is 1.59. The third-order valence-electron chi connectivity index (χ3n) is 1.46. The average Bonchev–Trinajstić information content (AvgIpc) is 1.96. The average molecular weight is 248 g/mol. The smallest absolute Gasteiger partial charge is 0.810 e. The minimum Gasteiger partial charge on any atom is -0.810 e. The van der Waals surface area contributed by atoms with Gasteiger partial charge in [0.2, 0.25) is 0 Å². The molecule has 1 rings (SSSR count). The van der Waals surface area contributed by atoms with Gasteiger partial charge in [0, 0.05) is 11.7 Å². The van der Waals surface area contributed by atoms with Crippen molar-refractivity contribution >= 4 is 7.60 Å². The maximum Gasteiger partial charge on any atom is 1.00 e. The second-order valence-corrected chi connectivity index (χ2v) is 4.09. The number of benzene rings is 1. The molecule has 5 nitrogen and oxygen atoms in total. The summed E-state index contributed by atoms with van der Waals surface area (Å²) in [5, 5.41) is 18.1. The van der Waals surface area contributed by atoms with E-state index in [1.54, 1.807) is 0 Å². The fraction of sp³-hybridized carbons (Fsp3) is 0.143. The number of rotatable bonds is 2. The molecule has 0 saturated carbocycles. The number of aromatic hydroxyl groups is 2. The molecule has 0 heterocycles. The quantitative estimate of drug-likeness (QED) is 0.308. The maximum atomic E-state index is 10.3. The van der Waals surface area contributed by atoms with Crippen LogP contribution in [0.5, 0.6) is 11.5 Å². The van der Waals surface area contributed by atoms with Gasteiger partial charge in [0.1, 0.15) is 0 Å². The van der Waals surface area contributed by atoms with Crippen molar-refractivity contribution < 1.29 is 83.7 Å². The molecule has 0 atom stereocenters. The Hall–Kier alpha value is 0.970. The normalized spacial score (nSPS) is 10.0. The Morgan fingerprint density at radius 1 is 1.20 bits per heavy atom. The first-order chi connectivity index (χ1) is 5.90. The molecule has 8 heteroatoms. The molecule has 0 aliphatic rings. The zero-order chi connectivity index (χ0) is 10.1. The van der Waals surface area contributed by atoms with E-state index in [0.29, 0.717) is 0 Å². The summed E-state index contributed by atoms with van der Waals surface area (Å²) in [5.74, 6) is -1.000. The molecule has 15 heavy (non-hydrogen) atoms. The summed E-state index contributed by atoms with van der Waals surface area (Å²) in [6.07, 6.45) is -0.798. The molecule has 1 aromatic carbocycles. The van der Waals surface area contributed by atoms with Gasteiger partial charge in [-0.15, -0.1) is 0 Å². The van der Waals surface area contributed by atoms with Gasteiger partial charge in [0.25, 0.3) is 0 Å². The Morgan fingerprint density at radius 3 is 2.20 bits per heavy atom. The van der Waals surface area contributed by atoms with E-state index in [2.05, 4.69) is 0 Å². The topological polar surface area (TPSA) is 104 Å². The molecular weight excluding hydrogens is 241 g/mol. The minimum atomic E-state index is -4.71. The Bertz CT molecular complexity index is 364. The number of hydrogen-bond acceptors (Lipinski definition) is 5. The second kappa shape index (κ2) is 7.33. The van der Waals surface area contributed by atoms with Crippen LogP contribution in [0.3, 0.4) is 0 Å². The van der Waals surface area contributed by atoms with Crippen LogP contribution in [-0.4, -0.2) is 10.2 Å². The maximum absolute atomic E-state index is 10.3. The zero-order valence-electron chi connectivity index (χ0n) is 8.51. The molecule has 0 bridgehead atoms. The van der Waals surface area contributed by atoms with Gasteiger partial charge in [-0.1, -0.05) is 19.7 Å². The Kier molecular flexibility index (Phi) is 8.96. The van der Waals surface area contributed by atoms with Crippen LogP contribution in [0.15, 0.2) is 18.2 Å². The summed E-state index contributed by atoms with van der Waals surface area (Å²) in [6, 6.07) is 3.80. The minimum absolute atomic E-state index is 0. The van der Waals surface area contributed by atoms with Crippen LogP contribution >= 0.6 is 7.60 Å². The Balaban J connectivity index is 0. The molecule has 1 aromatic rings. The molecule has 0 aromatic heterocycles. The predicted molar refractivity (Wildman–Crippen MR) is 41.1 cm³/mol. The molecule has 0 amide bonds. The molecule has 0 radical (unpaired) electrons. The van der Waals surface area contributed by atoms with E-state index < -0.39 is 25.3 Å².